The van der Waals surface area contributed by atoms with Crippen LogP contribution in [-0.4, -0.2) is 67.5 Å². The fourth-order valence-electron chi connectivity index (χ4n) is 4.76. The molecule has 1 atom stereocenters. The molecule has 2 aliphatic rings. The molecule has 7 nitrogen and oxygen atoms in total. The number of anilines is 2. The van der Waals surface area contributed by atoms with Gasteiger partial charge in [0.2, 0.25) is 11.8 Å². The zero-order valence-electron chi connectivity index (χ0n) is 20.0. The van der Waals surface area contributed by atoms with Crippen molar-refractivity contribution in [3.8, 4) is 5.75 Å². The van der Waals surface area contributed by atoms with E-state index in [-0.39, 0.29) is 30.2 Å². The second-order valence-corrected chi connectivity index (χ2v) is 9.08. The largest absolute Gasteiger partial charge is 0.489 e. The van der Waals surface area contributed by atoms with E-state index in [1.165, 1.54) is 12.1 Å². The second-order valence-electron chi connectivity index (χ2n) is 9.08. The van der Waals surface area contributed by atoms with Crippen molar-refractivity contribution in [3.05, 3.63) is 90.2 Å². The predicted molar refractivity (Wildman–Crippen MR) is 137 cm³/mol. The number of hydrogen-bond donors (Lipinski definition) is 1. The first-order chi connectivity index (χ1) is 17.6. The Morgan fingerprint density at radius 2 is 1.56 bits per heavy atom. The third kappa shape index (κ3) is 5.56. The molecule has 36 heavy (non-hydrogen) atoms. The van der Waals surface area contributed by atoms with Crippen LogP contribution in [0.2, 0.25) is 0 Å². The van der Waals surface area contributed by atoms with E-state index in [0.717, 1.165) is 11.3 Å². The van der Waals surface area contributed by atoms with Crippen molar-refractivity contribution in [2.24, 2.45) is 0 Å². The minimum atomic E-state index is -0.386. The molecule has 0 saturated carbocycles. The topological polar surface area (TPSA) is 65.1 Å². The summed E-state index contributed by atoms with van der Waals surface area (Å²) in [5.74, 6) is 0.174. The lowest BCUT2D eigenvalue weighted by atomic mass is 10.0. The summed E-state index contributed by atoms with van der Waals surface area (Å²) in [4.78, 5) is 32.1. The average Bonchev–Trinajstić information content (AvgIpc) is 2.89. The molecule has 0 radical (unpaired) electrons. The SMILES string of the molecule is O=C(CN1CCN(CC(=O)N2c3ccccc3OCC2c2ccccc2)CC1)Nc1cccc(F)c1. The first-order valence-electron chi connectivity index (χ1n) is 12.2. The molecule has 0 aliphatic carbocycles. The molecule has 0 bridgehead atoms. The number of hydrogen-bond acceptors (Lipinski definition) is 5. The van der Waals surface area contributed by atoms with Crippen molar-refractivity contribution in [1.82, 2.24) is 9.80 Å². The number of nitrogens with one attached hydrogen (secondary N) is 1. The van der Waals surface area contributed by atoms with Crippen molar-refractivity contribution in [3.63, 3.8) is 0 Å². The van der Waals surface area contributed by atoms with Crippen LogP contribution in [0.5, 0.6) is 5.75 Å². The van der Waals surface area contributed by atoms with Gasteiger partial charge in [0.1, 0.15) is 18.2 Å². The summed E-state index contributed by atoms with van der Waals surface area (Å²) >= 11 is 0. The Morgan fingerprint density at radius 3 is 2.31 bits per heavy atom. The Balaban J connectivity index is 1.19. The minimum absolute atomic E-state index is 0.0249. The number of carbonyl (C=O) groups is 2. The van der Waals surface area contributed by atoms with E-state index in [1.807, 2.05) is 64.4 Å². The van der Waals surface area contributed by atoms with Crippen LogP contribution in [0.25, 0.3) is 0 Å². The maximum absolute atomic E-state index is 13.6. The standard InChI is InChI=1S/C28H29FN4O3/c29-22-9-6-10-23(17-22)30-27(34)18-31-13-15-32(16-14-31)19-28(35)33-24-11-4-5-12-26(24)36-20-25(33)21-7-2-1-3-8-21/h1-12,17,25H,13-16,18-20H2,(H,30,34). The van der Waals surface area contributed by atoms with Gasteiger partial charge in [-0.05, 0) is 35.9 Å². The summed E-state index contributed by atoms with van der Waals surface area (Å²) in [6.07, 6.45) is 0. The van der Waals surface area contributed by atoms with Crippen LogP contribution in [0, 0.1) is 5.82 Å². The zero-order valence-corrected chi connectivity index (χ0v) is 20.0. The van der Waals surface area contributed by atoms with Gasteiger partial charge >= 0.3 is 0 Å². The first kappa shape index (κ1) is 24.0. The second kappa shape index (κ2) is 10.9. The molecule has 1 N–H and O–H groups in total. The lowest BCUT2D eigenvalue weighted by Crippen LogP contribution is -2.52. The zero-order chi connectivity index (χ0) is 24.9. The minimum Gasteiger partial charge on any atom is -0.489 e. The molecular weight excluding hydrogens is 459 g/mol. The number of para-hydroxylation sites is 2. The fourth-order valence-corrected chi connectivity index (χ4v) is 4.76. The molecule has 1 saturated heterocycles. The highest BCUT2D eigenvalue weighted by Crippen LogP contribution is 2.39. The molecule has 3 aromatic rings. The summed E-state index contributed by atoms with van der Waals surface area (Å²) < 4.78 is 19.3. The molecule has 2 heterocycles. The lowest BCUT2D eigenvalue weighted by molar-refractivity contribution is -0.122. The highest BCUT2D eigenvalue weighted by Gasteiger charge is 2.34. The monoisotopic (exact) mass is 488 g/mol. The van der Waals surface area contributed by atoms with Gasteiger partial charge < -0.3 is 10.1 Å². The molecule has 2 amide bonds. The number of benzene rings is 3. The van der Waals surface area contributed by atoms with E-state index in [1.54, 1.807) is 12.1 Å². The fraction of sp³-hybridized carbons (Fsp3) is 0.286. The first-order valence-corrected chi connectivity index (χ1v) is 12.2. The molecule has 0 spiro atoms. The summed E-state index contributed by atoms with van der Waals surface area (Å²) in [6, 6.07) is 23.3. The van der Waals surface area contributed by atoms with Crippen LogP contribution >= 0.6 is 0 Å². The summed E-state index contributed by atoms with van der Waals surface area (Å²) in [6.45, 7) is 3.63. The van der Waals surface area contributed by atoms with Gasteiger partial charge in [0.25, 0.3) is 0 Å². The average molecular weight is 489 g/mol. The van der Waals surface area contributed by atoms with Crippen LogP contribution < -0.4 is 15.0 Å². The van der Waals surface area contributed by atoms with Gasteiger partial charge in [-0.1, -0.05) is 48.5 Å². The van der Waals surface area contributed by atoms with Gasteiger partial charge in [-0.3, -0.25) is 24.3 Å². The van der Waals surface area contributed by atoms with Crippen molar-refractivity contribution in [2.75, 3.05) is 56.1 Å². The Labute approximate surface area is 210 Å². The number of carbonyl (C=O) groups excluding carboxylic acids is 2. The summed E-state index contributed by atoms with van der Waals surface area (Å²) in [5.41, 5.74) is 2.27. The molecule has 1 fully saturated rings. The van der Waals surface area contributed by atoms with Crippen molar-refractivity contribution in [2.45, 2.75) is 6.04 Å². The van der Waals surface area contributed by atoms with E-state index < -0.39 is 0 Å². The normalized spacial score (nSPS) is 18.2. The summed E-state index contributed by atoms with van der Waals surface area (Å²) in [5, 5.41) is 2.74. The van der Waals surface area contributed by atoms with Crippen molar-refractivity contribution in [1.29, 1.82) is 0 Å². The molecule has 5 rings (SSSR count). The molecule has 2 aliphatic heterocycles. The number of halogens is 1. The molecule has 0 aromatic heterocycles. The van der Waals surface area contributed by atoms with E-state index >= 15 is 0 Å². The number of ether oxygens (including phenoxy) is 1. The van der Waals surface area contributed by atoms with Crippen LogP contribution in [-0.2, 0) is 9.59 Å². The van der Waals surface area contributed by atoms with Crippen LogP contribution in [0.15, 0.2) is 78.9 Å². The Morgan fingerprint density at radius 1 is 0.861 bits per heavy atom. The maximum atomic E-state index is 13.6. The molecule has 8 heteroatoms. The smallest absolute Gasteiger partial charge is 0.241 e. The highest BCUT2D eigenvalue weighted by molar-refractivity contribution is 5.97. The van der Waals surface area contributed by atoms with Gasteiger partial charge in [0.05, 0.1) is 24.8 Å². The van der Waals surface area contributed by atoms with Gasteiger partial charge in [-0.15, -0.1) is 0 Å². The van der Waals surface area contributed by atoms with Crippen LogP contribution in [0.4, 0.5) is 15.8 Å². The van der Waals surface area contributed by atoms with Crippen LogP contribution in [0.1, 0.15) is 11.6 Å². The Hall–Kier alpha value is -3.75. The third-order valence-corrected chi connectivity index (χ3v) is 6.59. The maximum Gasteiger partial charge on any atom is 0.241 e. The molecule has 1 unspecified atom stereocenters. The molecule has 3 aromatic carbocycles. The Kier molecular flexibility index (Phi) is 7.25. The number of piperazine rings is 1. The van der Waals surface area contributed by atoms with E-state index in [0.29, 0.717) is 50.8 Å². The number of nitrogens with zero attached hydrogens (tertiary/aromatic N) is 3. The van der Waals surface area contributed by atoms with Gasteiger partial charge in [-0.2, -0.15) is 0 Å². The van der Waals surface area contributed by atoms with E-state index in [2.05, 4.69) is 10.2 Å². The molecule has 186 valence electrons. The summed E-state index contributed by atoms with van der Waals surface area (Å²) in [7, 11) is 0. The van der Waals surface area contributed by atoms with E-state index in [9.17, 15) is 14.0 Å². The lowest BCUT2D eigenvalue weighted by Gasteiger charge is -2.39. The molecular formula is C28H29FN4O3. The van der Waals surface area contributed by atoms with Crippen LogP contribution in [0.3, 0.4) is 0 Å². The van der Waals surface area contributed by atoms with Gasteiger partial charge in [-0.25, -0.2) is 4.39 Å². The number of rotatable bonds is 6. The highest BCUT2D eigenvalue weighted by atomic mass is 19.1. The number of amides is 2. The van der Waals surface area contributed by atoms with Gasteiger partial charge in [0, 0.05) is 31.9 Å². The van der Waals surface area contributed by atoms with Crippen molar-refractivity contribution < 1.29 is 18.7 Å². The van der Waals surface area contributed by atoms with Gasteiger partial charge in [0.15, 0.2) is 0 Å². The Bertz CT molecular complexity index is 1210. The van der Waals surface area contributed by atoms with E-state index in [4.69, 9.17) is 4.74 Å². The number of fused-ring (bicyclic) bond motifs is 1. The quantitative estimate of drug-likeness (QED) is 0.575. The third-order valence-electron chi connectivity index (χ3n) is 6.59. The predicted octanol–water partition coefficient (Wildman–Crippen LogP) is 3.55. The van der Waals surface area contributed by atoms with Crippen molar-refractivity contribution >= 4 is 23.2 Å².